The average Bonchev–Trinajstić information content (AvgIpc) is 2.49. The molecule has 0 spiro atoms. The Bertz CT molecular complexity index is 468. The molecule has 0 aliphatic carbocycles. The lowest BCUT2D eigenvalue weighted by atomic mass is 10.1. The molecule has 0 rings (SSSR count). The molecule has 0 saturated carbocycles. The zero-order chi connectivity index (χ0) is 16.6. The molecule has 0 fully saturated rings. The molecule has 0 aromatic rings. The third-order valence-corrected chi connectivity index (χ3v) is 2.80. The molecule has 0 aromatic carbocycles. The van der Waals surface area contributed by atoms with E-state index < -0.39 is 12.2 Å². The standard InChI is InChI=1S/C19H26O3/c1-4-6-7-8-9-10-11-15-19(22-17(3)20)16-13-12-14-18(21)5-2/h5,11,15,18-19,21H,2,4,6-10H2,1,3H3/b15-11-/t18-,19+/m1/s1. The van der Waals surface area contributed by atoms with E-state index in [9.17, 15) is 9.90 Å². The minimum Gasteiger partial charge on any atom is -0.445 e. The Morgan fingerprint density at radius 3 is 2.55 bits per heavy atom. The van der Waals surface area contributed by atoms with Crippen LogP contribution in [0.5, 0.6) is 0 Å². The van der Waals surface area contributed by atoms with E-state index in [1.165, 1.54) is 38.7 Å². The van der Waals surface area contributed by atoms with Gasteiger partial charge in [0.05, 0.1) is 0 Å². The van der Waals surface area contributed by atoms with Gasteiger partial charge in [-0.2, -0.15) is 0 Å². The first-order chi connectivity index (χ1) is 10.6. The molecule has 0 bridgehead atoms. The molecule has 0 amide bonds. The molecule has 0 aromatic heterocycles. The molecule has 2 atom stereocenters. The lowest BCUT2D eigenvalue weighted by Crippen LogP contribution is -2.11. The summed E-state index contributed by atoms with van der Waals surface area (Å²) >= 11 is 0. The number of aliphatic hydroxyl groups is 1. The van der Waals surface area contributed by atoms with E-state index in [0.717, 1.165) is 12.8 Å². The summed E-state index contributed by atoms with van der Waals surface area (Å²) in [6, 6.07) is 0. The van der Waals surface area contributed by atoms with Gasteiger partial charge in [-0.25, -0.2) is 0 Å². The summed E-state index contributed by atoms with van der Waals surface area (Å²) in [6.07, 6.45) is 10.7. The maximum absolute atomic E-state index is 11.0. The fourth-order valence-electron chi connectivity index (χ4n) is 1.66. The molecule has 22 heavy (non-hydrogen) atoms. The number of hydrogen-bond donors (Lipinski definition) is 1. The Morgan fingerprint density at radius 1 is 1.23 bits per heavy atom. The van der Waals surface area contributed by atoms with Gasteiger partial charge in [0.1, 0.15) is 6.10 Å². The Balaban J connectivity index is 4.33. The van der Waals surface area contributed by atoms with E-state index in [-0.39, 0.29) is 5.97 Å². The molecule has 3 heteroatoms. The first-order valence-electron chi connectivity index (χ1n) is 7.75. The zero-order valence-electron chi connectivity index (χ0n) is 13.6. The number of carbonyl (C=O) groups excluding carboxylic acids is 1. The number of unbranched alkanes of at least 4 members (excludes halogenated alkanes) is 5. The normalized spacial score (nSPS) is 12.5. The van der Waals surface area contributed by atoms with Crippen LogP contribution in [0.3, 0.4) is 0 Å². The number of aliphatic hydroxyl groups excluding tert-OH is 1. The summed E-state index contributed by atoms with van der Waals surface area (Å²) in [6.45, 7) is 6.95. The topological polar surface area (TPSA) is 46.5 Å². The fraction of sp³-hybridized carbons (Fsp3) is 0.526. The van der Waals surface area contributed by atoms with Crippen molar-refractivity contribution in [3.63, 3.8) is 0 Å². The van der Waals surface area contributed by atoms with Crippen LogP contribution in [0.1, 0.15) is 52.4 Å². The van der Waals surface area contributed by atoms with Gasteiger partial charge in [-0.05, 0) is 36.7 Å². The van der Waals surface area contributed by atoms with E-state index in [2.05, 4.69) is 37.2 Å². The largest absolute Gasteiger partial charge is 0.445 e. The first kappa shape index (κ1) is 20.0. The van der Waals surface area contributed by atoms with Crippen LogP contribution >= 0.6 is 0 Å². The molecule has 120 valence electrons. The van der Waals surface area contributed by atoms with Crippen LogP contribution in [0.2, 0.25) is 0 Å². The molecule has 0 saturated heterocycles. The van der Waals surface area contributed by atoms with Gasteiger partial charge in [-0.3, -0.25) is 4.79 Å². The van der Waals surface area contributed by atoms with Gasteiger partial charge in [-0.1, -0.05) is 57.3 Å². The number of hydrogen-bond acceptors (Lipinski definition) is 3. The van der Waals surface area contributed by atoms with E-state index in [1.54, 1.807) is 6.08 Å². The second kappa shape index (κ2) is 14.0. The summed E-state index contributed by atoms with van der Waals surface area (Å²) in [4.78, 5) is 11.0. The zero-order valence-corrected chi connectivity index (χ0v) is 13.6. The molecular formula is C19H26O3. The van der Waals surface area contributed by atoms with Crippen molar-refractivity contribution in [2.75, 3.05) is 0 Å². The van der Waals surface area contributed by atoms with Crippen LogP contribution < -0.4 is 0 Å². The molecular weight excluding hydrogens is 276 g/mol. The highest BCUT2D eigenvalue weighted by molar-refractivity contribution is 5.66. The molecule has 0 aliphatic heterocycles. The fourth-order valence-corrected chi connectivity index (χ4v) is 1.66. The molecule has 0 unspecified atom stereocenters. The predicted octanol–water partition coefficient (Wildman–Crippen LogP) is 3.39. The Labute approximate surface area is 134 Å². The maximum Gasteiger partial charge on any atom is 0.304 e. The number of esters is 1. The molecule has 0 heterocycles. The number of rotatable bonds is 9. The van der Waals surface area contributed by atoms with Crippen LogP contribution in [0.15, 0.2) is 24.8 Å². The summed E-state index contributed by atoms with van der Waals surface area (Å²) in [5.41, 5.74) is 0. The van der Waals surface area contributed by atoms with Crippen molar-refractivity contribution in [3.05, 3.63) is 24.8 Å². The third-order valence-electron chi connectivity index (χ3n) is 2.80. The quantitative estimate of drug-likeness (QED) is 0.307. The Hall–Kier alpha value is -1.97. The van der Waals surface area contributed by atoms with Crippen molar-refractivity contribution in [1.29, 1.82) is 0 Å². The maximum atomic E-state index is 11.0. The first-order valence-corrected chi connectivity index (χ1v) is 7.75. The second-order valence-corrected chi connectivity index (χ2v) is 4.88. The van der Waals surface area contributed by atoms with Gasteiger partial charge in [0, 0.05) is 6.92 Å². The molecule has 0 aliphatic rings. The van der Waals surface area contributed by atoms with Crippen LogP contribution in [-0.4, -0.2) is 23.3 Å². The summed E-state index contributed by atoms with van der Waals surface area (Å²) < 4.78 is 5.08. The van der Waals surface area contributed by atoms with Crippen LogP contribution in [0, 0.1) is 23.7 Å². The van der Waals surface area contributed by atoms with Crippen molar-refractivity contribution in [3.8, 4) is 23.7 Å². The Morgan fingerprint density at radius 2 is 1.91 bits per heavy atom. The lowest BCUT2D eigenvalue weighted by Gasteiger charge is -2.05. The van der Waals surface area contributed by atoms with Crippen molar-refractivity contribution in [2.24, 2.45) is 0 Å². The van der Waals surface area contributed by atoms with Crippen molar-refractivity contribution >= 4 is 5.97 Å². The highest BCUT2D eigenvalue weighted by Crippen LogP contribution is 2.06. The third kappa shape index (κ3) is 13.0. The number of allylic oxidation sites excluding steroid dienone is 1. The smallest absolute Gasteiger partial charge is 0.304 e. The van der Waals surface area contributed by atoms with Crippen molar-refractivity contribution in [2.45, 2.75) is 64.6 Å². The van der Waals surface area contributed by atoms with Gasteiger partial charge in [0.2, 0.25) is 0 Å². The monoisotopic (exact) mass is 302 g/mol. The van der Waals surface area contributed by atoms with E-state index in [1.807, 2.05) is 6.08 Å². The molecule has 0 radical (unpaired) electrons. The highest BCUT2D eigenvalue weighted by atomic mass is 16.5. The second-order valence-electron chi connectivity index (χ2n) is 4.88. The van der Waals surface area contributed by atoms with Crippen LogP contribution in [0.25, 0.3) is 0 Å². The SMILES string of the molecule is C=C[C@@H](O)C#CC#C[C@H](/C=C\CCCCCCC)OC(C)=O. The minimum absolute atomic E-state index is 0.383. The van der Waals surface area contributed by atoms with Gasteiger partial charge in [-0.15, -0.1) is 0 Å². The van der Waals surface area contributed by atoms with Gasteiger partial charge >= 0.3 is 5.97 Å². The Kier molecular flexibility index (Phi) is 12.7. The predicted molar refractivity (Wildman–Crippen MR) is 89.8 cm³/mol. The van der Waals surface area contributed by atoms with E-state index in [0.29, 0.717) is 0 Å². The summed E-state index contributed by atoms with van der Waals surface area (Å²) in [5.74, 6) is 9.93. The lowest BCUT2D eigenvalue weighted by molar-refractivity contribution is -0.142. The molecule has 1 N–H and O–H groups in total. The number of carbonyl (C=O) groups is 1. The van der Waals surface area contributed by atoms with Gasteiger partial charge in [0.25, 0.3) is 0 Å². The van der Waals surface area contributed by atoms with E-state index >= 15 is 0 Å². The van der Waals surface area contributed by atoms with E-state index in [4.69, 9.17) is 4.74 Å². The number of ether oxygens (including phenoxy) is 1. The van der Waals surface area contributed by atoms with Crippen molar-refractivity contribution < 1.29 is 14.6 Å². The summed E-state index contributed by atoms with van der Waals surface area (Å²) in [7, 11) is 0. The average molecular weight is 302 g/mol. The van der Waals surface area contributed by atoms with Gasteiger partial charge < -0.3 is 9.84 Å². The van der Waals surface area contributed by atoms with Crippen LogP contribution in [-0.2, 0) is 9.53 Å². The minimum atomic E-state index is -0.889. The highest BCUT2D eigenvalue weighted by Gasteiger charge is 2.02. The summed E-state index contributed by atoms with van der Waals surface area (Å²) in [5, 5.41) is 9.17. The molecule has 3 nitrogen and oxygen atoms in total. The van der Waals surface area contributed by atoms with Gasteiger partial charge in [0.15, 0.2) is 6.10 Å². The van der Waals surface area contributed by atoms with Crippen LogP contribution in [0.4, 0.5) is 0 Å². The van der Waals surface area contributed by atoms with Crippen molar-refractivity contribution in [1.82, 2.24) is 0 Å².